The van der Waals surface area contributed by atoms with E-state index in [9.17, 15) is 14.7 Å². The summed E-state index contributed by atoms with van der Waals surface area (Å²) in [6.45, 7) is 0.560. The molecule has 0 saturated heterocycles. The lowest BCUT2D eigenvalue weighted by Gasteiger charge is -2.37. The van der Waals surface area contributed by atoms with Crippen LogP contribution in [0.3, 0.4) is 0 Å². The molecule has 1 saturated carbocycles. The van der Waals surface area contributed by atoms with Gasteiger partial charge in [-0.05, 0) is 50.7 Å². The van der Waals surface area contributed by atoms with Crippen LogP contribution in [-0.2, 0) is 20.7 Å². The molecule has 10 nitrogen and oxygen atoms in total. The Morgan fingerprint density at radius 3 is 2.64 bits per heavy atom. The summed E-state index contributed by atoms with van der Waals surface area (Å²) in [5, 5.41) is 19.2. The van der Waals surface area contributed by atoms with Gasteiger partial charge in [0, 0.05) is 36.8 Å². The van der Waals surface area contributed by atoms with E-state index in [1.54, 1.807) is 19.5 Å². The summed E-state index contributed by atoms with van der Waals surface area (Å²) < 4.78 is 14.5. The Bertz CT molecular complexity index is 1520. The lowest BCUT2D eigenvalue weighted by Crippen LogP contribution is -2.45. The summed E-state index contributed by atoms with van der Waals surface area (Å²) in [4.78, 5) is 30.5. The molecule has 4 aromatic rings. The number of fused-ring (bicyclic) bond motifs is 3. The summed E-state index contributed by atoms with van der Waals surface area (Å²) in [6, 6.07) is 9.88. The molecule has 3 aromatic heterocycles. The van der Waals surface area contributed by atoms with Crippen molar-refractivity contribution in [2.75, 3.05) is 20.3 Å². The SMILES string of the molecule is COCCOC1(C(=O)O)CCC(c2nc3c(-c4cnn(-c5ccccc5)c4)cnn3c3c2C(=O)CCC3)CC1. The quantitative estimate of drug-likeness (QED) is 0.337. The van der Waals surface area contributed by atoms with Crippen LogP contribution in [0.15, 0.2) is 48.9 Å². The van der Waals surface area contributed by atoms with Crippen molar-refractivity contribution >= 4 is 17.4 Å². The minimum absolute atomic E-state index is 0.0425. The van der Waals surface area contributed by atoms with E-state index in [0.717, 1.165) is 41.0 Å². The number of rotatable bonds is 8. The number of para-hydroxylation sites is 1. The van der Waals surface area contributed by atoms with Gasteiger partial charge in [0.25, 0.3) is 0 Å². The smallest absolute Gasteiger partial charge is 0.335 e. The molecule has 0 unspecified atom stereocenters. The van der Waals surface area contributed by atoms with Gasteiger partial charge in [-0.1, -0.05) is 18.2 Å². The summed E-state index contributed by atoms with van der Waals surface area (Å²) in [5.41, 5.74) is 4.45. The van der Waals surface area contributed by atoms with E-state index < -0.39 is 11.6 Å². The maximum Gasteiger partial charge on any atom is 0.335 e. The number of carboxylic acids is 1. The second-order valence-corrected chi connectivity index (χ2v) is 10.3. The first-order chi connectivity index (χ1) is 19.0. The number of Topliss-reactive ketones (excluding diaryl/α,β-unsaturated/α-hetero) is 1. The molecular weight excluding hydrogens is 498 g/mol. The van der Waals surface area contributed by atoms with Crippen LogP contribution in [0.2, 0.25) is 0 Å². The number of aliphatic carboxylic acids is 1. The topological polar surface area (TPSA) is 121 Å². The summed E-state index contributed by atoms with van der Waals surface area (Å²) in [5.74, 6) is -0.910. The molecule has 0 atom stereocenters. The van der Waals surface area contributed by atoms with Crippen molar-refractivity contribution in [1.82, 2.24) is 24.4 Å². The molecule has 2 aliphatic carbocycles. The highest BCUT2D eigenvalue weighted by Gasteiger charge is 2.44. The number of carbonyl (C=O) groups is 2. The Balaban J connectivity index is 1.38. The van der Waals surface area contributed by atoms with Crippen molar-refractivity contribution in [3.05, 3.63) is 65.9 Å². The van der Waals surface area contributed by atoms with Crippen molar-refractivity contribution in [3.8, 4) is 16.8 Å². The van der Waals surface area contributed by atoms with Gasteiger partial charge in [0.2, 0.25) is 0 Å². The average molecular weight is 530 g/mol. The van der Waals surface area contributed by atoms with E-state index in [2.05, 4.69) is 10.2 Å². The third kappa shape index (κ3) is 4.53. The van der Waals surface area contributed by atoms with Gasteiger partial charge in [-0.15, -0.1) is 0 Å². The number of hydrogen-bond donors (Lipinski definition) is 1. The van der Waals surface area contributed by atoms with E-state index in [0.29, 0.717) is 49.9 Å². The fourth-order valence-electron chi connectivity index (χ4n) is 5.93. The molecule has 1 aromatic carbocycles. The third-order valence-corrected chi connectivity index (χ3v) is 8.02. The largest absolute Gasteiger partial charge is 0.479 e. The summed E-state index contributed by atoms with van der Waals surface area (Å²) in [7, 11) is 1.56. The molecule has 6 rings (SSSR count). The predicted molar refractivity (Wildman–Crippen MR) is 142 cm³/mol. The van der Waals surface area contributed by atoms with Crippen molar-refractivity contribution in [1.29, 1.82) is 0 Å². The third-order valence-electron chi connectivity index (χ3n) is 8.02. The highest BCUT2D eigenvalue weighted by Crippen LogP contribution is 2.43. The number of carbonyl (C=O) groups excluding carboxylic acids is 1. The Hall–Kier alpha value is -3.89. The van der Waals surface area contributed by atoms with Gasteiger partial charge >= 0.3 is 5.97 Å². The van der Waals surface area contributed by atoms with Gasteiger partial charge in [0.15, 0.2) is 17.0 Å². The van der Waals surface area contributed by atoms with E-state index in [1.165, 1.54) is 0 Å². The Kier molecular flexibility index (Phi) is 6.74. The highest BCUT2D eigenvalue weighted by molar-refractivity contribution is 6.00. The second kappa shape index (κ2) is 10.3. The van der Waals surface area contributed by atoms with Gasteiger partial charge in [-0.2, -0.15) is 10.2 Å². The first-order valence-corrected chi connectivity index (χ1v) is 13.4. The Morgan fingerprint density at radius 1 is 1.10 bits per heavy atom. The van der Waals surface area contributed by atoms with Crippen LogP contribution in [0, 0.1) is 0 Å². The lowest BCUT2D eigenvalue weighted by molar-refractivity contribution is -0.173. The van der Waals surface area contributed by atoms with Crippen LogP contribution < -0.4 is 0 Å². The van der Waals surface area contributed by atoms with E-state index in [-0.39, 0.29) is 18.3 Å². The standard InChI is InChI=1S/C29H31N5O5/c1-38-14-15-39-29(28(36)37)12-10-19(11-13-29)26-25-23(8-5-9-24(25)35)34-27(32-26)22(17-31-34)20-16-30-33(18-20)21-6-3-2-4-7-21/h2-4,6-7,16-19H,5,8-15H2,1H3,(H,36,37). The minimum Gasteiger partial charge on any atom is -0.479 e. The van der Waals surface area contributed by atoms with Gasteiger partial charge in [-0.3, -0.25) is 4.79 Å². The number of aromatic nitrogens is 5. The van der Waals surface area contributed by atoms with Gasteiger partial charge in [0.05, 0.1) is 48.2 Å². The molecule has 39 heavy (non-hydrogen) atoms. The van der Waals surface area contributed by atoms with E-state index in [1.807, 2.05) is 45.7 Å². The number of nitrogens with zero attached hydrogens (tertiary/aromatic N) is 5. The number of methoxy groups -OCH3 is 1. The van der Waals surface area contributed by atoms with Gasteiger partial charge < -0.3 is 14.6 Å². The molecule has 0 bridgehead atoms. The number of hydrogen-bond acceptors (Lipinski definition) is 7. The summed E-state index contributed by atoms with van der Waals surface area (Å²) >= 11 is 0. The zero-order chi connectivity index (χ0) is 27.0. The van der Waals surface area contributed by atoms with Crippen LogP contribution in [-0.4, -0.2) is 67.2 Å². The number of carboxylic acid groups (broad SMARTS) is 1. The fraction of sp³-hybridized carbons (Fsp3) is 0.414. The first kappa shape index (κ1) is 25.4. The normalized spacial score (nSPS) is 21.3. The zero-order valence-electron chi connectivity index (χ0n) is 21.9. The van der Waals surface area contributed by atoms with Crippen LogP contribution in [0.25, 0.3) is 22.5 Å². The monoisotopic (exact) mass is 529 g/mol. The van der Waals surface area contributed by atoms with Crippen LogP contribution >= 0.6 is 0 Å². The molecular formula is C29H31N5O5. The average Bonchev–Trinajstić information content (AvgIpc) is 3.61. The molecule has 10 heteroatoms. The summed E-state index contributed by atoms with van der Waals surface area (Å²) in [6.07, 6.45) is 9.37. The fourth-order valence-corrected chi connectivity index (χ4v) is 5.93. The molecule has 0 spiro atoms. The molecule has 3 heterocycles. The van der Waals surface area contributed by atoms with Crippen molar-refractivity contribution < 1.29 is 24.2 Å². The minimum atomic E-state index is -1.24. The maximum atomic E-state index is 13.2. The Morgan fingerprint density at radius 2 is 1.90 bits per heavy atom. The highest BCUT2D eigenvalue weighted by atomic mass is 16.5. The van der Waals surface area contributed by atoms with E-state index >= 15 is 0 Å². The molecule has 2 aliphatic rings. The second-order valence-electron chi connectivity index (χ2n) is 10.3. The first-order valence-electron chi connectivity index (χ1n) is 13.4. The van der Waals surface area contributed by atoms with Gasteiger partial charge in [-0.25, -0.2) is 19.0 Å². The maximum absolute atomic E-state index is 13.2. The lowest BCUT2D eigenvalue weighted by atomic mass is 9.75. The number of ether oxygens (including phenoxy) is 2. The number of aryl methyl sites for hydroxylation is 1. The number of benzene rings is 1. The Labute approximate surface area is 225 Å². The molecule has 0 amide bonds. The van der Waals surface area contributed by atoms with Gasteiger partial charge in [0.1, 0.15) is 0 Å². The van der Waals surface area contributed by atoms with Crippen LogP contribution in [0.5, 0.6) is 0 Å². The van der Waals surface area contributed by atoms with Crippen molar-refractivity contribution in [2.24, 2.45) is 0 Å². The van der Waals surface area contributed by atoms with E-state index in [4.69, 9.17) is 14.5 Å². The molecule has 0 radical (unpaired) electrons. The molecule has 202 valence electrons. The van der Waals surface area contributed by atoms with Crippen LogP contribution in [0.4, 0.5) is 0 Å². The molecule has 0 aliphatic heterocycles. The zero-order valence-corrected chi connectivity index (χ0v) is 21.9. The predicted octanol–water partition coefficient (Wildman–Crippen LogP) is 4.25. The van der Waals surface area contributed by atoms with Crippen molar-refractivity contribution in [3.63, 3.8) is 0 Å². The van der Waals surface area contributed by atoms with Crippen LogP contribution in [0.1, 0.15) is 66.2 Å². The van der Waals surface area contributed by atoms with Crippen molar-refractivity contribution in [2.45, 2.75) is 56.5 Å². The number of ketones is 1. The molecule has 1 fully saturated rings. The molecule has 1 N–H and O–H groups in total.